The van der Waals surface area contributed by atoms with E-state index in [2.05, 4.69) is 45.6 Å². The molecule has 0 saturated carbocycles. The zero-order valence-corrected chi connectivity index (χ0v) is 20.0. The van der Waals surface area contributed by atoms with Crippen molar-refractivity contribution in [3.63, 3.8) is 0 Å². The maximum atomic E-state index is 11.7. The summed E-state index contributed by atoms with van der Waals surface area (Å²) in [5.41, 5.74) is 6.24. The monoisotopic (exact) mass is 455 g/mol. The topological polar surface area (TPSA) is 99.1 Å². The lowest BCUT2D eigenvalue weighted by Gasteiger charge is -2.24. The smallest absolute Gasteiger partial charge is 0.220 e. The normalized spacial score (nSPS) is 10.9. The van der Waals surface area contributed by atoms with Crippen molar-refractivity contribution in [3.05, 3.63) is 47.5 Å². The molecule has 0 radical (unpaired) electrons. The molecule has 0 fully saturated rings. The first-order valence-corrected chi connectivity index (χ1v) is 11.7. The Morgan fingerprint density at radius 2 is 2.00 bits per heavy atom. The minimum absolute atomic E-state index is 0.0624. The Labute approximate surface area is 197 Å². The van der Waals surface area contributed by atoms with Crippen molar-refractivity contribution < 1.29 is 14.6 Å². The first-order chi connectivity index (χ1) is 16.0. The van der Waals surface area contributed by atoms with Gasteiger partial charge >= 0.3 is 0 Å². The third-order valence-corrected chi connectivity index (χ3v) is 4.81. The van der Waals surface area contributed by atoms with Crippen LogP contribution < -0.4 is 20.4 Å². The zero-order chi connectivity index (χ0) is 23.9. The Bertz CT molecular complexity index is 882. The number of pyridine rings is 1. The largest absolute Gasteiger partial charge is 0.478 e. The minimum Gasteiger partial charge on any atom is -0.478 e. The number of hydrazone groups is 1. The Morgan fingerprint density at radius 1 is 1.21 bits per heavy atom. The number of aryl methyl sites for hydroxylation is 1. The number of benzene rings is 1. The van der Waals surface area contributed by atoms with Gasteiger partial charge in [0.25, 0.3) is 0 Å². The molecule has 0 aliphatic carbocycles. The van der Waals surface area contributed by atoms with Gasteiger partial charge in [-0.15, -0.1) is 0 Å². The lowest BCUT2D eigenvalue weighted by molar-refractivity contribution is -0.121. The van der Waals surface area contributed by atoms with E-state index in [0.29, 0.717) is 31.1 Å². The molecule has 2 rings (SSSR count). The van der Waals surface area contributed by atoms with E-state index in [1.54, 1.807) is 6.21 Å². The summed E-state index contributed by atoms with van der Waals surface area (Å²) in [4.78, 5) is 18.5. The molecule has 0 saturated heterocycles. The van der Waals surface area contributed by atoms with Crippen molar-refractivity contribution in [2.75, 3.05) is 43.2 Å². The third-order valence-electron chi connectivity index (χ3n) is 4.81. The molecule has 1 heterocycles. The second-order valence-corrected chi connectivity index (χ2v) is 7.85. The van der Waals surface area contributed by atoms with Crippen molar-refractivity contribution >= 4 is 23.6 Å². The summed E-state index contributed by atoms with van der Waals surface area (Å²) < 4.78 is 5.87. The number of nitrogens with zero attached hydrogens (tertiary/aromatic N) is 3. The number of aliphatic hydroxyl groups excluding tert-OH is 1. The van der Waals surface area contributed by atoms with E-state index in [0.717, 1.165) is 37.2 Å². The predicted molar refractivity (Wildman–Crippen MR) is 134 cm³/mol. The summed E-state index contributed by atoms with van der Waals surface area (Å²) in [7, 11) is 0. The van der Waals surface area contributed by atoms with Crippen LogP contribution in [-0.2, 0) is 4.79 Å². The summed E-state index contributed by atoms with van der Waals surface area (Å²) in [6.07, 6.45) is 4.74. The van der Waals surface area contributed by atoms with Crippen LogP contribution in [0.1, 0.15) is 50.7 Å². The quantitative estimate of drug-likeness (QED) is 0.215. The van der Waals surface area contributed by atoms with Gasteiger partial charge in [-0.05, 0) is 31.7 Å². The number of ether oxygens (including phenoxy) is 1. The number of carbonyl (C=O) groups is 1. The van der Waals surface area contributed by atoms with Gasteiger partial charge in [0.2, 0.25) is 11.8 Å². The molecule has 0 atom stereocenters. The van der Waals surface area contributed by atoms with Gasteiger partial charge < -0.3 is 20.1 Å². The highest BCUT2D eigenvalue weighted by Gasteiger charge is 2.10. The summed E-state index contributed by atoms with van der Waals surface area (Å²) in [6.45, 7) is 8.83. The summed E-state index contributed by atoms with van der Waals surface area (Å²) >= 11 is 0. The number of amides is 1. The van der Waals surface area contributed by atoms with Crippen LogP contribution in [0.25, 0.3) is 0 Å². The van der Waals surface area contributed by atoms with E-state index in [1.165, 1.54) is 5.56 Å². The minimum atomic E-state index is -0.0979. The van der Waals surface area contributed by atoms with E-state index < -0.39 is 0 Å². The fourth-order valence-corrected chi connectivity index (χ4v) is 3.33. The number of hydrogen-bond donors (Lipinski definition) is 3. The van der Waals surface area contributed by atoms with Gasteiger partial charge in [0, 0.05) is 43.9 Å². The molecule has 8 nitrogen and oxygen atoms in total. The molecule has 0 spiro atoms. The van der Waals surface area contributed by atoms with Gasteiger partial charge in [0.1, 0.15) is 0 Å². The van der Waals surface area contributed by atoms with Crippen molar-refractivity contribution in [2.24, 2.45) is 5.10 Å². The van der Waals surface area contributed by atoms with Gasteiger partial charge in [-0.25, -0.2) is 0 Å². The number of carbonyl (C=O) groups excluding carboxylic acids is 1. The molecule has 0 bridgehead atoms. The molecule has 1 amide bonds. The molecule has 1 aromatic carbocycles. The Hall–Kier alpha value is -3.13. The zero-order valence-electron chi connectivity index (χ0n) is 20.0. The number of anilines is 2. The molecule has 3 N–H and O–H groups in total. The highest BCUT2D eigenvalue weighted by atomic mass is 16.5. The number of rotatable bonds is 15. The van der Waals surface area contributed by atoms with Crippen LogP contribution in [0.3, 0.4) is 0 Å². The van der Waals surface area contributed by atoms with Crippen molar-refractivity contribution in [3.8, 4) is 5.88 Å². The highest BCUT2D eigenvalue weighted by molar-refractivity contribution is 5.80. The highest BCUT2D eigenvalue weighted by Crippen LogP contribution is 2.25. The Balaban J connectivity index is 2.09. The molecule has 0 aliphatic rings. The number of aromatic nitrogens is 1. The van der Waals surface area contributed by atoms with Crippen molar-refractivity contribution in [2.45, 2.75) is 46.5 Å². The third kappa shape index (κ3) is 9.91. The maximum absolute atomic E-state index is 11.7. The van der Waals surface area contributed by atoms with Gasteiger partial charge in [-0.1, -0.05) is 43.7 Å². The van der Waals surface area contributed by atoms with Crippen LogP contribution >= 0.6 is 0 Å². The molecule has 180 valence electrons. The number of aliphatic hydroxyl groups is 1. The van der Waals surface area contributed by atoms with Gasteiger partial charge in [-0.2, -0.15) is 10.1 Å². The first-order valence-electron chi connectivity index (χ1n) is 11.7. The van der Waals surface area contributed by atoms with Crippen LogP contribution in [0, 0.1) is 6.92 Å². The number of nitrogens with one attached hydrogen (secondary N) is 2. The molecule has 8 heteroatoms. The molecular weight excluding hydrogens is 418 g/mol. The van der Waals surface area contributed by atoms with E-state index in [1.807, 2.05) is 37.3 Å². The molecule has 33 heavy (non-hydrogen) atoms. The first kappa shape index (κ1) is 26.1. The predicted octanol–water partition coefficient (Wildman–Crippen LogP) is 3.73. The van der Waals surface area contributed by atoms with Gasteiger partial charge in [0.15, 0.2) is 5.82 Å². The van der Waals surface area contributed by atoms with Crippen LogP contribution in [0.5, 0.6) is 5.88 Å². The van der Waals surface area contributed by atoms with Gasteiger partial charge in [-0.3, -0.25) is 10.2 Å². The van der Waals surface area contributed by atoms with Crippen LogP contribution in [0.2, 0.25) is 0 Å². The fourth-order valence-electron chi connectivity index (χ4n) is 3.33. The van der Waals surface area contributed by atoms with E-state index in [-0.39, 0.29) is 19.1 Å². The molecule has 1 aromatic heterocycles. The standard InChI is InChI=1S/C25H37N5O3/c1-4-12-30(13-5-2)22-17-23(29-27-19-21-9-6-8-20(3)16-21)28-25(18-22)33-15-7-10-24(32)26-11-14-31/h6,8-9,16-19,31H,4-5,7,10-15H2,1-3H3,(H,26,32)(H,28,29)/b27-19+. The summed E-state index contributed by atoms with van der Waals surface area (Å²) in [5, 5.41) is 15.8. The summed E-state index contributed by atoms with van der Waals surface area (Å²) in [5.74, 6) is 0.997. The second-order valence-electron chi connectivity index (χ2n) is 7.85. The lowest BCUT2D eigenvalue weighted by Crippen LogP contribution is -2.26. The van der Waals surface area contributed by atoms with Gasteiger partial charge in [0.05, 0.1) is 19.4 Å². The molecule has 0 unspecified atom stereocenters. The molecular formula is C25H37N5O3. The summed E-state index contributed by atoms with van der Waals surface area (Å²) in [6, 6.07) is 12.0. The second kappa shape index (κ2) is 14.8. The fraction of sp³-hybridized carbons (Fsp3) is 0.480. The Morgan fingerprint density at radius 3 is 2.70 bits per heavy atom. The van der Waals surface area contributed by atoms with Crippen molar-refractivity contribution in [1.82, 2.24) is 10.3 Å². The van der Waals surface area contributed by atoms with Crippen molar-refractivity contribution in [1.29, 1.82) is 0 Å². The lowest BCUT2D eigenvalue weighted by atomic mass is 10.2. The van der Waals surface area contributed by atoms with Crippen LogP contribution in [0.15, 0.2) is 41.5 Å². The number of hydrogen-bond acceptors (Lipinski definition) is 7. The van der Waals surface area contributed by atoms with Crippen LogP contribution in [0.4, 0.5) is 11.5 Å². The molecule has 0 aliphatic heterocycles. The average molecular weight is 456 g/mol. The SMILES string of the molecule is CCCN(CCC)c1cc(N/N=C/c2cccc(C)c2)nc(OCCCC(=O)NCCO)c1. The average Bonchev–Trinajstić information content (AvgIpc) is 2.80. The van der Waals surface area contributed by atoms with Crippen LogP contribution in [-0.4, -0.2) is 55.1 Å². The Kier molecular flexibility index (Phi) is 11.7. The maximum Gasteiger partial charge on any atom is 0.220 e. The van der Waals surface area contributed by atoms with E-state index >= 15 is 0 Å². The van der Waals surface area contributed by atoms with E-state index in [9.17, 15) is 4.79 Å². The van der Waals surface area contributed by atoms with E-state index in [4.69, 9.17) is 9.84 Å². The molecule has 2 aromatic rings.